The molecular formula is C17H23FN2O3. The second-order valence-corrected chi connectivity index (χ2v) is 6.29. The molecule has 0 spiro atoms. The van der Waals surface area contributed by atoms with Crippen molar-refractivity contribution < 1.29 is 18.7 Å². The molecule has 0 saturated carbocycles. The van der Waals surface area contributed by atoms with Crippen LogP contribution in [0.1, 0.15) is 18.4 Å². The summed E-state index contributed by atoms with van der Waals surface area (Å²) in [7, 11) is 1.75. The molecular weight excluding hydrogens is 299 g/mol. The van der Waals surface area contributed by atoms with Gasteiger partial charge in [-0.05, 0) is 30.5 Å². The zero-order valence-electron chi connectivity index (χ0n) is 13.4. The number of hydrogen-bond donors (Lipinski definition) is 0. The van der Waals surface area contributed by atoms with Crippen LogP contribution in [0, 0.1) is 5.82 Å². The second kappa shape index (κ2) is 7.27. The highest BCUT2D eigenvalue weighted by Crippen LogP contribution is 2.20. The molecule has 2 aliphatic heterocycles. The summed E-state index contributed by atoms with van der Waals surface area (Å²) in [6.45, 7) is 3.55. The quantitative estimate of drug-likeness (QED) is 0.834. The molecule has 1 aromatic carbocycles. The van der Waals surface area contributed by atoms with Gasteiger partial charge in [0.25, 0.3) is 0 Å². The fourth-order valence-electron chi connectivity index (χ4n) is 3.22. The average molecular weight is 322 g/mol. The normalized spacial score (nSPS) is 22.7. The number of amides is 1. The van der Waals surface area contributed by atoms with E-state index in [-0.39, 0.29) is 18.0 Å². The van der Waals surface area contributed by atoms with Crippen molar-refractivity contribution in [2.24, 2.45) is 0 Å². The van der Waals surface area contributed by atoms with Crippen molar-refractivity contribution in [1.29, 1.82) is 0 Å². The highest BCUT2D eigenvalue weighted by molar-refractivity contribution is 5.69. The van der Waals surface area contributed by atoms with Gasteiger partial charge < -0.3 is 14.4 Å². The van der Waals surface area contributed by atoms with Crippen LogP contribution in [0.5, 0.6) is 0 Å². The van der Waals surface area contributed by atoms with E-state index in [1.807, 2.05) is 12.1 Å². The predicted octanol–water partition coefficient (Wildman–Crippen LogP) is 2.26. The van der Waals surface area contributed by atoms with Crippen LogP contribution in [0.4, 0.5) is 9.18 Å². The van der Waals surface area contributed by atoms with Crippen LogP contribution in [0.15, 0.2) is 24.3 Å². The van der Waals surface area contributed by atoms with Gasteiger partial charge in [0.2, 0.25) is 0 Å². The summed E-state index contributed by atoms with van der Waals surface area (Å²) in [6, 6.07) is 7.00. The molecule has 1 atom stereocenters. The summed E-state index contributed by atoms with van der Waals surface area (Å²) >= 11 is 0. The summed E-state index contributed by atoms with van der Waals surface area (Å²) in [5.74, 6) is -0.224. The predicted molar refractivity (Wildman–Crippen MR) is 83.6 cm³/mol. The highest BCUT2D eigenvalue weighted by Gasteiger charge is 2.32. The molecule has 6 heteroatoms. The molecule has 5 nitrogen and oxygen atoms in total. The van der Waals surface area contributed by atoms with Crippen molar-refractivity contribution in [3.05, 3.63) is 35.6 Å². The number of carbonyl (C=O) groups excluding carboxylic acids is 1. The van der Waals surface area contributed by atoms with Crippen molar-refractivity contribution in [3.8, 4) is 0 Å². The van der Waals surface area contributed by atoms with Crippen LogP contribution in [0.2, 0.25) is 0 Å². The maximum Gasteiger partial charge on any atom is 0.410 e. The number of rotatable bonds is 5. The fraction of sp³-hybridized carbons (Fsp3) is 0.588. The van der Waals surface area contributed by atoms with Crippen LogP contribution in [-0.4, -0.2) is 61.4 Å². The summed E-state index contributed by atoms with van der Waals surface area (Å²) in [5.41, 5.74) is 1.07. The number of nitrogens with zero attached hydrogens (tertiary/aromatic N) is 2. The number of likely N-dealkylation sites (N-methyl/N-ethyl adjacent to an activating group) is 1. The largest absolute Gasteiger partial charge is 0.443 e. The van der Waals surface area contributed by atoms with E-state index in [9.17, 15) is 9.18 Å². The minimum absolute atomic E-state index is 0.115. The lowest BCUT2D eigenvalue weighted by atomic mass is 10.0. The minimum Gasteiger partial charge on any atom is -0.443 e. The van der Waals surface area contributed by atoms with Gasteiger partial charge in [-0.1, -0.05) is 12.1 Å². The van der Waals surface area contributed by atoms with E-state index in [1.165, 1.54) is 12.1 Å². The van der Waals surface area contributed by atoms with Gasteiger partial charge in [-0.3, -0.25) is 4.90 Å². The maximum absolute atomic E-state index is 13.1. The molecule has 23 heavy (non-hydrogen) atoms. The Balaban J connectivity index is 1.68. The van der Waals surface area contributed by atoms with Crippen LogP contribution in [-0.2, 0) is 16.0 Å². The summed E-state index contributed by atoms with van der Waals surface area (Å²) in [4.78, 5) is 15.5. The van der Waals surface area contributed by atoms with E-state index in [4.69, 9.17) is 9.47 Å². The lowest BCUT2D eigenvalue weighted by Crippen LogP contribution is -2.43. The number of hydrogen-bond acceptors (Lipinski definition) is 4. The van der Waals surface area contributed by atoms with E-state index in [1.54, 1.807) is 11.9 Å². The average Bonchev–Trinajstić information content (AvgIpc) is 2.87. The van der Waals surface area contributed by atoms with E-state index in [0.717, 1.165) is 38.2 Å². The van der Waals surface area contributed by atoms with Gasteiger partial charge in [-0.25, -0.2) is 9.18 Å². The van der Waals surface area contributed by atoms with Crippen LogP contribution < -0.4 is 0 Å². The van der Waals surface area contributed by atoms with E-state index in [2.05, 4.69) is 4.90 Å². The SMILES string of the molecule is CN1CC(CN(Cc2ccc(F)cc2)C2CCOCC2)OC1=O. The zero-order chi connectivity index (χ0) is 16.2. The molecule has 2 fully saturated rings. The lowest BCUT2D eigenvalue weighted by molar-refractivity contribution is 0.0145. The van der Waals surface area contributed by atoms with Gasteiger partial charge in [0.15, 0.2) is 0 Å². The third kappa shape index (κ3) is 4.20. The molecule has 2 saturated heterocycles. The van der Waals surface area contributed by atoms with Gasteiger partial charge in [0, 0.05) is 39.4 Å². The van der Waals surface area contributed by atoms with Gasteiger partial charge in [-0.15, -0.1) is 0 Å². The number of ether oxygens (including phenoxy) is 2. The second-order valence-electron chi connectivity index (χ2n) is 6.29. The smallest absolute Gasteiger partial charge is 0.410 e. The molecule has 0 radical (unpaired) electrons. The number of halogens is 1. The first-order valence-electron chi connectivity index (χ1n) is 8.10. The molecule has 2 aliphatic rings. The van der Waals surface area contributed by atoms with Crippen LogP contribution in [0.25, 0.3) is 0 Å². The van der Waals surface area contributed by atoms with Crippen molar-refractivity contribution in [1.82, 2.24) is 9.80 Å². The van der Waals surface area contributed by atoms with E-state index in [0.29, 0.717) is 19.1 Å². The Bertz CT molecular complexity index is 531. The Kier molecular flexibility index (Phi) is 5.13. The number of benzene rings is 1. The first-order valence-corrected chi connectivity index (χ1v) is 8.10. The van der Waals surface area contributed by atoms with Gasteiger partial charge >= 0.3 is 6.09 Å². The number of cyclic esters (lactones) is 1. The molecule has 1 aromatic rings. The van der Waals surface area contributed by atoms with Gasteiger partial charge in [-0.2, -0.15) is 0 Å². The van der Waals surface area contributed by atoms with E-state index < -0.39 is 0 Å². The Morgan fingerprint density at radius 3 is 2.57 bits per heavy atom. The first kappa shape index (κ1) is 16.2. The molecule has 3 rings (SSSR count). The zero-order valence-corrected chi connectivity index (χ0v) is 13.4. The van der Waals surface area contributed by atoms with Crippen molar-refractivity contribution in [3.63, 3.8) is 0 Å². The number of carbonyl (C=O) groups is 1. The highest BCUT2D eigenvalue weighted by atomic mass is 19.1. The maximum atomic E-state index is 13.1. The third-order valence-electron chi connectivity index (χ3n) is 4.50. The van der Waals surface area contributed by atoms with Crippen molar-refractivity contribution >= 4 is 6.09 Å². The summed E-state index contributed by atoms with van der Waals surface area (Å²) in [5, 5.41) is 0. The minimum atomic E-state index is -0.260. The Labute approximate surface area is 136 Å². The van der Waals surface area contributed by atoms with Crippen molar-refractivity contribution in [2.45, 2.75) is 31.5 Å². The molecule has 0 bridgehead atoms. The molecule has 0 aromatic heterocycles. The standard InChI is InChI=1S/C17H23FN2O3/c1-19-11-16(23-17(19)21)12-20(15-6-8-22-9-7-15)10-13-2-4-14(18)5-3-13/h2-5,15-16H,6-12H2,1H3. The molecule has 126 valence electrons. The van der Waals surface area contributed by atoms with Crippen molar-refractivity contribution in [2.75, 3.05) is 33.4 Å². The third-order valence-corrected chi connectivity index (χ3v) is 4.50. The Hall–Kier alpha value is -1.66. The summed E-state index contributed by atoms with van der Waals surface area (Å²) in [6.07, 6.45) is 1.56. The van der Waals surface area contributed by atoms with Crippen LogP contribution in [0.3, 0.4) is 0 Å². The molecule has 1 unspecified atom stereocenters. The summed E-state index contributed by atoms with van der Waals surface area (Å²) < 4.78 is 24.0. The molecule has 1 amide bonds. The lowest BCUT2D eigenvalue weighted by Gasteiger charge is -2.35. The van der Waals surface area contributed by atoms with Gasteiger partial charge in [0.1, 0.15) is 11.9 Å². The Morgan fingerprint density at radius 1 is 1.26 bits per heavy atom. The molecule has 2 heterocycles. The molecule has 0 aliphatic carbocycles. The van der Waals surface area contributed by atoms with Gasteiger partial charge in [0.05, 0.1) is 6.54 Å². The fourth-order valence-corrected chi connectivity index (χ4v) is 3.22. The Morgan fingerprint density at radius 2 is 1.96 bits per heavy atom. The monoisotopic (exact) mass is 322 g/mol. The first-order chi connectivity index (χ1) is 11.1. The molecule has 0 N–H and O–H groups in total. The van der Waals surface area contributed by atoms with Crippen LogP contribution >= 0.6 is 0 Å². The topological polar surface area (TPSA) is 42.0 Å². The van der Waals surface area contributed by atoms with E-state index >= 15 is 0 Å².